The number of aliphatic hydroxyl groups is 2. The van der Waals surface area contributed by atoms with Crippen molar-refractivity contribution in [2.75, 3.05) is 31.3 Å². The Hall–Kier alpha value is -5.21. The van der Waals surface area contributed by atoms with Gasteiger partial charge in [-0.25, -0.2) is 14.6 Å². The van der Waals surface area contributed by atoms with Crippen LogP contribution < -0.4 is 16.4 Å². The van der Waals surface area contributed by atoms with Gasteiger partial charge in [0.05, 0.1) is 37.1 Å². The number of nitrogens with one attached hydrogen (secondary N) is 2. The van der Waals surface area contributed by atoms with Gasteiger partial charge in [0.1, 0.15) is 23.4 Å². The first kappa shape index (κ1) is 47.7. The highest BCUT2D eigenvalue weighted by Gasteiger charge is 2.54. The molecule has 1 aliphatic rings. The normalized spacial score (nSPS) is 20.2. The molecule has 0 amide bonds. The third-order valence-electron chi connectivity index (χ3n) is 10.9. The number of carbonyl (C=O) groups excluding carboxylic acids is 1. The molecule has 6 aromatic rings. The number of aromatic amines is 1. The Labute approximate surface area is 376 Å². The van der Waals surface area contributed by atoms with Gasteiger partial charge in [0.2, 0.25) is 5.95 Å². The Bertz CT molecular complexity index is 2580. The summed E-state index contributed by atoms with van der Waals surface area (Å²) in [5.41, 5.74) is 2.82. The van der Waals surface area contributed by atoms with Crippen LogP contribution in [-0.2, 0) is 46.2 Å². The van der Waals surface area contributed by atoms with E-state index in [-0.39, 0.29) is 47.7 Å². The van der Waals surface area contributed by atoms with E-state index in [1.54, 1.807) is 13.8 Å². The summed E-state index contributed by atoms with van der Waals surface area (Å²) in [5, 5.41) is 25.0. The number of aromatic nitrogens is 4. The highest BCUT2D eigenvalue weighted by atomic mass is 32.2. The second-order valence-electron chi connectivity index (χ2n) is 16.2. The molecule has 0 radical (unpaired) electrons. The molecule has 0 aliphatic carbocycles. The largest absolute Gasteiger partial charge is 0.416 e. The smallest absolute Gasteiger partial charge is 0.387 e. The number of hydrogen-bond acceptors (Lipinski definition) is 13. The van der Waals surface area contributed by atoms with Crippen molar-refractivity contribution in [2.45, 2.75) is 63.1 Å². The lowest BCUT2D eigenvalue weighted by molar-refractivity contribution is -0.137. The topological polar surface area (TPSA) is 213 Å². The highest BCUT2D eigenvalue weighted by molar-refractivity contribution is 8.13. The second kappa shape index (κ2) is 19.3. The van der Waals surface area contributed by atoms with Crippen molar-refractivity contribution in [1.82, 2.24) is 24.6 Å². The minimum Gasteiger partial charge on any atom is -0.387 e. The number of aliphatic hydroxyl groups excluding tert-OH is 1. The number of imidazole rings is 1. The standard InChI is InChI=1S/C45H48F3N6O9PS/c1-42(2,27-60-44(30-13-7-4-8-14-30,31-15-9-5-10-16-31)32-17-11-6-12-18-32)40(57)65-24-23-61-64(59,51-25-29-19-21-33(22-20-29)45(46,47)48)62-26-34-36(55)43(3,58)39(63-34)54-28-50-35-37(54)52-41(49)53-38(35)56/h4-22,28,34,36,39,55,58H,23-27H2,1-3H3,(H,51,59)(H3,49,52,53,56)/t34-,36+,39-,43?,64?/m1/s1. The summed E-state index contributed by atoms with van der Waals surface area (Å²) >= 11 is 0.925. The average Bonchev–Trinajstić information content (AvgIpc) is 3.81. The van der Waals surface area contributed by atoms with Gasteiger partial charge < -0.3 is 25.4 Å². The molecule has 7 rings (SSSR count). The first-order chi connectivity index (χ1) is 30.8. The van der Waals surface area contributed by atoms with E-state index in [4.69, 9.17) is 24.3 Å². The van der Waals surface area contributed by atoms with E-state index in [1.807, 2.05) is 91.0 Å². The van der Waals surface area contributed by atoms with E-state index in [2.05, 4.69) is 20.0 Å². The molecule has 3 heterocycles. The van der Waals surface area contributed by atoms with Gasteiger partial charge in [0.25, 0.3) is 5.56 Å². The SMILES string of the molecule is CC(C)(COC(c1ccccc1)(c1ccccc1)c1ccccc1)C(=O)SCCOP(=O)(NCc1ccc(C(F)(F)F)cc1)OC[C@H]1O[C@@H](n2cnc3c(=O)[nH]c(N)nc32)C(C)(O)[C@H]1O. The molecule has 0 saturated carbocycles. The summed E-state index contributed by atoms with van der Waals surface area (Å²) in [4.78, 5) is 36.7. The summed E-state index contributed by atoms with van der Waals surface area (Å²) in [5.74, 6) is -0.228. The molecular formula is C45H48F3N6O9PS. The molecule has 15 nitrogen and oxygen atoms in total. The number of thioether (sulfide) groups is 1. The van der Waals surface area contributed by atoms with Crippen LogP contribution in [0.1, 0.15) is 54.8 Å². The first-order valence-corrected chi connectivity index (χ1v) is 22.9. The number of alkyl halides is 3. The van der Waals surface area contributed by atoms with Crippen LogP contribution in [0.4, 0.5) is 19.1 Å². The predicted molar refractivity (Wildman–Crippen MR) is 237 cm³/mol. The highest BCUT2D eigenvalue weighted by Crippen LogP contribution is 2.47. The van der Waals surface area contributed by atoms with Crippen LogP contribution in [0, 0.1) is 5.41 Å². The molecule has 1 aliphatic heterocycles. The summed E-state index contributed by atoms with van der Waals surface area (Å²) in [7, 11) is -4.41. The van der Waals surface area contributed by atoms with Gasteiger partial charge in [-0.15, -0.1) is 0 Å². The maximum Gasteiger partial charge on any atom is 0.416 e. The molecule has 5 atom stereocenters. The average molecular weight is 937 g/mol. The zero-order chi connectivity index (χ0) is 46.6. The van der Waals surface area contributed by atoms with Crippen LogP contribution in [-0.4, -0.2) is 78.2 Å². The number of halogens is 3. The summed E-state index contributed by atoms with van der Waals surface area (Å²) in [6, 6.07) is 33.3. The first-order valence-electron chi connectivity index (χ1n) is 20.4. The zero-order valence-corrected chi connectivity index (χ0v) is 37.2. The van der Waals surface area contributed by atoms with Crippen LogP contribution in [0.15, 0.2) is 126 Å². The van der Waals surface area contributed by atoms with Crippen LogP contribution in [0.3, 0.4) is 0 Å². The fraction of sp³-hybridized carbons (Fsp3) is 0.333. The summed E-state index contributed by atoms with van der Waals surface area (Å²) in [6.07, 6.45) is -7.77. The van der Waals surface area contributed by atoms with E-state index in [1.165, 1.54) is 30.0 Å². The van der Waals surface area contributed by atoms with Crippen molar-refractivity contribution in [3.63, 3.8) is 0 Å². The third kappa shape index (κ3) is 10.4. The number of ether oxygens (including phenoxy) is 2. The minimum absolute atomic E-state index is 0.00107. The number of nitrogen functional groups attached to an aromatic ring is 1. The van der Waals surface area contributed by atoms with Gasteiger partial charge in [0, 0.05) is 12.3 Å². The lowest BCUT2D eigenvalue weighted by Gasteiger charge is -2.38. The van der Waals surface area contributed by atoms with Gasteiger partial charge in [-0.05, 0) is 55.2 Å². The van der Waals surface area contributed by atoms with Crippen molar-refractivity contribution in [1.29, 1.82) is 0 Å². The molecule has 0 bridgehead atoms. The Balaban J connectivity index is 1.04. The maximum absolute atomic E-state index is 14.3. The molecule has 0 spiro atoms. The molecule has 6 N–H and O–H groups in total. The van der Waals surface area contributed by atoms with Gasteiger partial charge in [0.15, 0.2) is 22.5 Å². The fourth-order valence-corrected chi connectivity index (χ4v) is 9.63. The number of H-pyrrole nitrogens is 1. The number of benzene rings is 4. The Morgan fingerprint density at radius 1 is 0.938 bits per heavy atom. The van der Waals surface area contributed by atoms with Gasteiger partial charge in [-0.2, -0.15) is 18.2 Å². The van der Waals surface area contributed by atoms with Gasteiger partial charge in [-0.3, -0.25) is 28.2 Å². The van der Waals surface area contributed by atoms with Crippen LogP contribution in [0.25, 0.3) is 11.2 Å². The number of fused-ring (bicyclic) bond motifs is 1. The third-order valence-corrected chi connectivity index (χ3v) is 13.7. The summed E-state index contributed by atoms with van der Waals surface area (Å²) < 4.78 is 79.8. The molecule has 4 aromatic carbocycles. The van der Waals surface area contributed by atoms with Gasteiger partial charge >= 0.3 is 13.9 Å². The van der Waals surface area contributed by atoms with E-state index >= 15 is 0 Å². The van der Waals surface area contributed by atoms with Crippen molar-refractivity contribution in [3.8, 4) is 0 Å². The quantitative estimate of drug-likeness (QED) is 0.0335. The van der Waals surface area contributed by atoms with Crippen molar-refractivity contribution >= 4 is 41.7 Å². The Morgan fingerprint density at radius 3 is 2.06 bits per heavy atom. The van der Waals surface area contributed by atoms with Crippen LogP contribution >= 0.6 is 19.5 Å². The number of carbonyl (C=O) groups is 1. The molecule has 1 fully saturated rings. The van der Waals surface area contributed by atoms with E-state index in [0.29, 0.717) is 5.56 Å². The number of nitrogens with two attached hydrogens (primary N) is 1. The molecule has 2 aromatic heterocycles. The van der Waals surface area contributed by atoms with Gasteiger partial charge in [-0.1, -0.05) is 115 Å². The van der Waals surface area contributed by atoms with Crippen molar-refractivity contribution in [2.24, 2.45) is 5.41 Å². The van der Waals surface area contributed by atoms with E-state index < -0.39 is 66.7 Å². The number of hydrogen-bond donors (Lipinski definition) is 5. The lowest BCUT2D eigenvalue weighted by atomic mass is 9.79. The second-order valence-corrected chi connectivity index (χ2v) is 19.1. The van der Waals surface area contributed by atoms with E-state index in [0.717, 1.165) is 40.6 Å². The molecule has 65 heavy (non-hydrogen) atoms. The molecule has 344 valence electrons. The Morgan fingerprint density at radius 2 is 1.51 bits per heavy atom. The van der Waals surface area contributed by atoms with Crippen LogP contribution in [0.2, 0.25) is 0 Å². The monoisotopic (exact) mass is 936 g/mol. The minimum atomic E-state index is -4.57. The fourth-order valence-electron chi connectivity index (χ4n) is 7.40. The number of anilines is 1. The number of nitrogens with zero attached hydrogens (tertiary/aromatic N) is 3. The Kier molecular flexibility index (Phi) is 14.2. The maximum atomic E-state index is 14.3. The van der Waals surface area contributed by atoms with Crippen molar-refractivity contribution in [3.05, 3.63) is 160 Å². The lowest BCUT2D eigenvalue weighted by Crippen LogP contribution is -2.44. The number of rotatable bonds is 18. The molecule has 2 unspecified atom stereocenters. The van der Waals surface area contributed by atoms with Crippen molar-refractivity contribution < 1.29 is 51.3 Å². The predicted octanol–water partition coefficient (Wildman–Crippen LogP) is 6.96. The molecular weight excluding hydrogens is 889 g/mol. The van der Waals surface area contributed by atoms with Crippen LogP contribution in [0.5, 0.6) is 0 Å². The molecule has 1 saturated heterocycles. The summed E-state index contributed by atoms with van der Waals surface area (Å²) in [6.45, 7) is 3.60. The zero-order valence-electron chi connectivity index (χ0n) is 35.5. The van der Waals surface area contributed by atoms with E-state index in [9.17, 15) is 37.5 Å². The molecule has 20 heteroatoms.